The van der Waals surface area contributed by atoms with Crippen molar-refractivity contribution >= 4 is 27.3 Å². The van der Waals surface area contributed by atoms with Gasteiger partial charge in [0.1, 0.15) is 5.82 Å². The zero-order valence-electron chi connectivity index (χ0n) is 17.8. The first-order valence-corrected chi connectivity index (χ1v) is 11.4. The third-order valence-corrected chi connectivity index (χ3v) is 5.84. The number of halogens is 1. The molecule has 32 heavy (non-hydrogen) atoms. The Hall–Kier alpha value is -3.59. The van der Waals surface area contributed by atoms with Crippen LogP contribution in [0, 0.1) is 5.82 Å². The van der Waals surface area contributed by atoms with Crippen molar-refractivity contribution < 1.29 is 27.1 Å². The number of anilines is 2. The minimum Gasteiger partial charge on any atom is -0.493 e. The van der Waals surface area contributed by atoms with Gasteiger partial charge in [0.2, 0.25) is 10.0 Å². The van der Waals surface area contributed by atoms with Crippen molar-refractivity contribution in [1.29, 1.82) is 0 Å². The van der Waals surface area contributed by atoms with Crippen LogP contribution in [-0.2, 0) is 16.6 Å². The molecule has 0 spiro atoms. The number of sulfonamides is 1. The van der Waals surface area contributed by atoms with Crippen LogP contribution < -0.4 is 19.1 Å². The number of hydrogen-bond acceptors (Lipinski definition) is 5. The number of benzene rings is 3. The molecule has 0 aliphatic carbocycles. The second-order valence-electron chi connectivity index (χ2n) is 6.97. The third-order valence-electron chi connectivity index (χ3n) is 4.70. The van der Waals surface area contributed by atoms with Crippen LogP contribution in [0.15, 0.2) is 66.7 Å². The quantitative estimate of drug-likeness (QED) is 0.550. The molecule has 9 heteroatoms. The molecule has 0 saturated heterocycles. The average Bonchev–Trinajstić information content (AvgIpc) is 2.78. The topological polar surface area (TPSA) is 84.9 Å². The van der Waals surface area contributed by atoms with Gasteiger partial charge in [0.15, 0.2) is 11.5 Å². The van der Waals surface area contributed by atoms with Gasteiger partial charge in [-0.15, -0.1) is 0 Å². The van der Waals surface area contributed by atoms with Gasteiger partial charge in [0, 0.05) is 17.3 Å². The molecule has 0 bridgehead atoms. The Balaban J connectivity index is 1.78. The monoisotopic (exact) mass is 458 g/mol. The molecule has 1 amide bonds. The van der Waals surface area contributed by atoms with E-state index in [-0.39, 0.29) is 12.5 Å². The number of nitrogens with zero attached hydrogens (tertiary/aromatic N) is 1. The van der Waals surface area contributed by atoms with Gasteiger partial charge < -0.3 is 14.8 Å². The van der Waals surface area contributed by atoms with E-state index in [2.05, 4.69) is 5.32 Å². The summed E-state index contributed by atoms with van der Waals surface area (Å²) in [6, 6.07) is 16.8. The van der Waals surface area contributed by atoms with Crippen molar-refractivity contribution in [2.75, 3.05) is 30.1 Å². The molecule has 0 fully saturated rings. The van der Waals surface area contributed by atoms with Gasteiger partial charge in [0.25, 0.3) is 5.91 Å². The Morgan fingerprint density at radius 3 is 2.12 bits per heavy atom. The van der Waals surface area contributed by atoms with E-state index in [0.717, 1.165) is 6.26 Å². The first-order valence-electron chi connectivity index (χ1n) is 9.57. The number of carbonyl (C=O) groups is 1. The van der Waals surface area contributed by atoms with Crippen LogP contribution in [0.5, 0.6) is 11.5 Å². The Bertz CT molecular complexity index is 1200. The highest BCUT2D eigenvalue weighted by Crippen LogP contribution is 2.30. The molecule has 0 atom stereocenters. The minimum absolute atomic E-state index is 0.0380. The van der Waals surface area contributed by atoms with E-state index in [1.165, 1.54) is 54.9 Å². The minimum atomic E-state index is -3.61. The van der Waals surface area contributed by atoms with Crippen molar-refractivity contribution in [3.8, 4) is 11.5 Å². The van der Waals surface area contributed by atoms with Crippen molar-refractivity contribution in [3.63, 3.8) is 0 Å². The van der Waals surface area contributed by atoms with Crippen LogP contribution in [0.1, 0.15) is 15.9 Å². The zero-order valence-corrected chi connectivity index (χ0v) is 18.6. The summed E-state index contributed by atoms with van der Waals surface area (Å²) in [5.74, 6) is 0.250. The number of amides is 1. The van der Waals surface area contributed by atoms with Gasteiger partial charge in [-0.05, 0) is 54.1 Å². The largest absolute Gasteiger partial charge is 0.493 e. The molecule has 0 saturated carbocycles. The van der Waals surface area contributed by atoms with E-state index in [9.17, 15) is 17.6 Å². The number of methoxy groups -OCH3 is 2. The SMILES string of the molecule is COc1ccc(NC(=O)c2ccc(N(Cc3ccc(F)cc3)S(C)(=O)=O)cc2)cc1OC. The predicted octanol–water partition coefficient (Wildman–Crippen LogP) is 4.06. The van der Waals surface area contributed by atoms with Crippen LogP contribution in [0.4, 0.5) is 15.8 Å². The van der Waals surface area contributed by atoms with Gasteiger partial charge in [-0.3, -0.25) is 9.10 Å². The molecule has 1 N–H and O–H groups in total. The summed E-state index contributed by atoms with van der Waals surface area (Å²) in [7, 11) is -0.586. The van der Waals surface area contributed by atoms with Crippen molar-refractivity contribution in [3.05, 3.63) is 83.7 Å². The number of nitrogens with one attached hydrogen (secondary N) is 1. The Morgan fingerprint density at radius 2 is 1.56 bits per heavy atom. The molecule has 3 aromatic carbocycles. The average molecular weight is 459 g/mol. The van der Waals surface area contributed by atoms with Gasteiger partial charge in [-0.25, -0.2) is 12.8 Å². The highest BCUT2D eigenvalue weighted by atomic mass is 32.2. The number of carbonyl (C=O) groups excluding carboxylic acids is 1. The fourth-order valence-electron chi connectivity index (χ4n) is 3.05. The number of rotatable bonds is 8. The molecule has 0 aliphatic rings. The lowest BCUT2D eigenvalue weighted by Gasteiger charge is -2.22. The first-order chi connectivity index (χ1) is 15.2. The summed E-state index contributed by atoms with van der Waals surface area (Å²) >= 11 is 0. The maximum atomic E-state index is 13.2. The second-order valence-corrected chi connectivity index (χ2v) is 8.87. The molecule has 168 valence electrons. The second kappa shape index (κ2) is 9.69. The maximum Gasteiger partial charge on any atom is 0.255 e. The molecule has 0 aromatic heterocycles. The highest BCUT2D eigenvalue weighted by molar-refractivity contribution is 7.92. The van der Waals surface area contributed by atoms with Gasteiger partial charge >= 0.3 is 0 Å². The van der Waals surface area contributed by atoms with Crippen LogP contribution in [-0.4, -0.2) is 34.8 Å². The number of hydrogen-bond donors (Lipinski definition) is 1. The maximum absolute atomic E-state index is 13.2. The molecular formula is C23H23FN2O5S. The summed E-state index contributed by atoms with van der Waals surface area (Å²) in [4.78, 5) is 12.6. The lowest BCUT2D eigenvalue weighted by atomic mass is 10.1. The van der Waals surface area contributed by atoms with E-state index in [4.69, 9.17) is 9.47 Å². The van der Waals surface area contributed by atoms with Crippen molar-refractivity contribution in [2.24, 2.45) is 0 Å². The van der Waals surface area contributed by atoms with Crippen LogP contribution >= 0.6 is 0 Å². The summed E-state index contributed by atoms with van der Waals surface area (Å²) in [6.45, 7) is 0.0380. The first kappa shape index (κ1) is 23.1. The predicted molar refractivity (Wildman–Crippen MR) is 121 cm³/mol. The summed E-state index contributed by atoms with van der Waals surface area (Å²) in [5.41, 5.74) is 1.89. The van der Waals surface area contributed by atoms with Crippen LogP contribution in [0.3, 0.4) is 0 Å². The standard InChI is InChI=1S/C23H23FN2O5S/c1-30-21-13-10-19(14-22(21)31-2)25-23(27)17-6-11-20(12-7-17)26(32(3,28)29)15-16-4-8-18(24)9-5-16/h4-14H,15H2,1-3H3,(H,25,27). The Morgan fingerprint density at radius 1 is 0.938 bits per heavy atom. The highest BCUT2D eigenvalue weighted by Gasteiger charge is 2.19. The normalized spacial score (nSPS) is 11.0. The molecule has 0 aliphatic heterocycles. The summed E-state index contributed by atoms with van der Waals surface area (Å²) in [6.07, 6.45) is 1.09. The van der Waals surface area contributed by atoms with E-state index in [1.807, 2.05) is 0 Å². The molecule has 3 aromatic rings. The van der Waals surface area contributed by atoms with Crippen molar-refractivity contribution in [2.45, 2.75) is 6.54 Å². The number of ether oxygens (including phenoxy) is 2. The molecule has 3 rings (SSSR count). The summed E-state index contributed by atoms with van der Waals surface area (Å²) < 4.78 is 49.4. The molecule has 0 unspecified atom stereocenters. The lowest BCUT2D eigenvalue weighted by molar-refractivity contribution is 0.102. The Labute approximate surface area is 186 Å². The van der Waals surface area contributed by atoms with E-state index in [1.54, 1.807) is 30.3 Å². The van der Waals surface area contributed by atoms with Crippen LogP contribution in [0.2, 0.25) is 0 Å². The smallest absolute Gasteiger partial charge is 0.255 e. The van der Waals surface area contributed by atoms with E-state index < -0.39 is 15.8 Å². The van der Waals surface area contributed by atoms with E-state index >= 15 is 0 Å². The molecule has 7 nitrogen and oxygen atoms in total. The third kappa shape index (κ3) is 5.55. The van der Waals surface area contributed by atoms with Gasteiger partial charge in [0.05, 0.1) is 32.7 Å². The Kier molecular flexibility index (Phi) is 6.99. The van der Waals surface area contributed by atoms with Gasteiger partial charge in [-0.1, -0.05) is 12.1 Å². The van der Waals surface area contributed by atoms with Crippen LogP contribution in [0.25, 0.3) is 0 Å². The fraction of sp³-hybridized carbons (Fsp3) is 0.174. The van der Waals surface area contributed by atoms with E-state index in [0.29, 0.717) is 34.0 Å². The zero-order chi connectivity index (χ0) is 23.3. The lowest BCUT2D eigenvalue weighted by Crippen LogP contribution is -2.29. The molecule has 0 radical (unpaired) electrons. The summed E-state index contributed by atoms with van der Waals surface area (Å²) in [5, 5.41) is 2.77. The van der Waals surface area contributed by atoms with Gasteiger partial charge in [-0.2, -0.15) is 0 Å². The molecule has 0 heterocycles. The van der Waals surface area contributed by atoms with Crippen molar-refractivity contribution in [1.82, 2.24) is 0 Å². The fourth-order valence-corrected chi connectivity index (χ4v) is 3.94. The molecular weight excluding hydrogens is 435 g/mol.